The van der Waals surface area contributed by atoms with E-state index in [2.05, 4.69) is 109 Å². The minimum Gasteiger partial charge on any atom is -1.00 e. The standard InChI is InChI=1S/C18H25NO5.C11H17NO5.C8H20N2O.C7H7Br.C4H8O.C4H10.ClH.Mg.H/c1-12-6-8-13(9-7-12)15(20)11-10-14(16(21)23-5)19-17(22)24-18(2,3)4;1-11(2,3)17-10(15)12-7(9(14)16-4)5-6-8(12)13;1-9(2)5-7-11-8-6-10(3)4;1-6-2-4-7(8)5-3-6;1-2-4-5-3-1;1-4(2)3;;;/h6-9,14H,10-11H2,1-5H3,(H,19,22);7H,5-6H2,1-4H3;5-8H2,1-4H3;2-5H,1H3;1-4H2;4H,1-3H3;1H;;/q;;;;;;;+2;-1/p-1/t14-;7-;;;;;;;/m00......./s1. The van der Waals surface area contributed by atoms with Crippen molar-refractivity contribution < 1.29 is 71.0 Å². The molecule has 1 N–H and O–H groups in total. The van der Waals surface area contributed by atoms with Crippen molar-refractivity contribution >= 4 is 74.8 Å². The van der Waals surface area contributed by atoms with Crippen molar-refractivity contribution in [3.63, 3.8) is 0 Å². The Labute approximate surface area is 458 Å². The molecule has 0 spiro atoms. The monoisotopic (exact) mass is 1100 g/mol. The average Bonchev–Trinajstić information content (AvgIpc) is 3.96. The first-order valence-corrected chi connectivity index (χ1v) is 24.3. The van der Waals surface area contributed by atoms with E-state index in [4.69, 9.17) is 18.9 Å². The molecular formula is C52H88BrClMgN4O12. The fraction of sp³-hybridized carbons (Fsp3) is 0.654. The summed E-state index contributed by atoms with van der Waals surface area (Å²) >= 11 is 3.35. The zero-order valence-electron chi connectivity index (χ0n) is 47.0. The van der Waals surface area contributed by atoms with E-state index in [9.17, 15) is 28.8 Å². The molecule has 71 heavy (non-hydrogen) atoms. The Balaban J connectivity index is -0.000000272. The first kappa shape index (κ1) is 74.2. The molecule has 3 amide bonds. The molecule has 2 aliphatic rings. The molecule has 2 saturated heterocycles. The zero-order chi connectivity index (χ0) is 53.3. The van der Waals surface area contributed by atoms with Gasteiger partial charge in [-0.25, -0.2) is 24.1 Å². The Hall–Kier alpha value is -3.36. The number of rotatable bonds is 13. The predicted octanol–water partition coefficient (Wildman–Crippen LogP) is 6.19. The molecule has 0 aromatic heterocycles. The van der Waals surface area contributed by atoms with E-state index in [1.165, 1.54) is 32.6 Å². The minimum absolute atomic E-state index is 0. The number of imide groups is 1. The SMILES string of the molecule is C1CCOC1.CC(C)C.CN(C)CCOCCN(C)C.COC(=O)[C@@H]1CCC(=O)N1C(=O)OC(C)(C)C.COC(=O)[C@H](CCC(=O)c1ccc(C)cc1)NC(=O)OC(C)(C)C.Cc1ccc(Br)cc1.[Cl-].[H-].[Mg+2]. The van der Waals surface area contributed by atoms with Crippen LogP contribution in [0.1, 0.15) is 124 Å². The average molecular weight is 1100 g/mol. The van der Waals surface area contributed by atoms with Gasteiger partial charge in [-0.1, -0.05) is 84.2 Å². The number of nitrogens with zero attached hydrogens (tertiary/aromatic N) is 3. The normalized spacial score (nSPS) is 14.0. The second-order valence-electron chi connectivity index (χ2n) is 19.4. The largest absolute Gasteiger partial charge is 2.00 e. The van der Waals surface area contributed by atoms with Gasteiger partial charge >= 0.3 is 47.2 Å². The van der Waals surface area contributed by atoms with Gasteiger partial charge in [0.1, 0.15) is 23.3 Å². The molecule has 2 heterocycles. The number of carbonyl (C=O) groups excluding carboxylic acids is 6. The van der Waals surface area contributed by atoms with Crippen LogP contribution in [-0.4, -0.2) is 179 Å². The summed E-state index contributed by atoms with van der Waals surface area (Å²) in [5.41, 5.74) is 1.54. The molecule has 0 unspecified atom stereocenters. The molecular weight excluding hydrogens is 1010 g/mol. The van der Waals surface area contributed by atoms with E-state index < -0.39 is 53.3 Å². The second-order valence-corrected chi connectivity index (χ2v) is 20.4. The maximum Gasteiger partial charge on any atom is 2.00 e. The van der Waals surface area contributed by atoms with Crippen molar-refractivity contribution in [2.45, 2.75) is 138 Å². The van der Waals surface area contributed by atoms with Crippen LogP contribution < -0.4 is 17.7 Å². The number of ether oxygens (including phenoxy) is 6. The number of halogens is 2. The summed E-state index contributed by atoms with van der Waals surface area (Å²) in [7, 11) is 10.7. The number of hydrogen-bond donors (Lipinski definition) is 1. The van der Waals surface area contributed by atoms with Crippen molar-refractivity contribution in [2.24, 2.45) is 5.92 Å². The number of likely N-dealkylation sites (N-methyl/N-ethyl adjacent to an activating group) is 2. The predicted molar refractivity (Wildman–Crippen MR) is 282 cm³/mol. The van der Waals surface area contributed by atoms with Crippen molar-refractivity contribution in [1.29, 1.82) is 0 Å². The summed E-state index contributed by atoms with van der Waals surface area (Å²) in [4.78, 5) is 75.6. The van der Waals surface area contributed by atoms with Gasteiger partial charge in [-0.2, -0.15) is 0 Å². The van der Waals surface area contributed by atoms with E-state index in [0.717, 1.165) is 60.4 Å². The fourth-order valence-corrected chi connectivity index (χ4v) is 5.49. The molecule has 2 fully saturated rings. The van der Waals surface area contributed by atoms with Crippen molar-refractivity contribution in [3.05, 3.63) is 69.7 Å². The van der Waals surface area contributed by atoms with Gasteiger partial charge in [0.05, 0.1) is 27.4 Å². The van der Waals surface area contributed by atoms with Gasteiger partial charge in [-0.15, -0.1) is 0 Å². The van der Waals surface area contributed by atoms with Gasteiger partial charge in [0.15, 0.2) is 5.78 Å². The molecule has 2 aromatic rings. The number of carbonyl (C=O) groups is 6. The number of aryl methyl sites for hydroxylation is 2. The Kier molecular flexibility index (Phi) is 42.9. The van der Waals surface area contributed by atoms with Crippen LogP contribution in [0.5, 0.6) is 0 Å². The van der Waals surface area contributed by atoms with Gasteiger partial charge < -0.3 is 57.4 Å². The summed E-state index contributed by atoms with van der Waals surface area (Å²) in [6.45, 7) is 26.4. The Morgan fingerprint density at radius 1 is 0.789 bits per heavy atom. The first-order chi connectivity index (χ1) is 32.0. The summed E-state index contributed by atoms with van der Waals surface area (Å²) < 4.78 is 30.9. The number of amides is 3. The molecule has 2 atom stereocenters. The van der Waals surface area contributed by atoms with Crippen LogP contribution in [0.15, 0.2) is 53.0 Å². The van der Waals surface area contributed by atoms with Crippen molar-refractivity contribution in [3.8, 4) is 0 Å². The molecule has 0 radical (unpaired) electrons. The van der Waals surface area contributed by atoms with E-state index in [1.807, 2.05) is 31.2 Å². The number of esters is 2. The van der Waals surface area contributed by atoms with Crippen LogP contribution in [0, 0.1) is 19.8 Å². The minimum atomic E-state index is -0.931. The van der Waals surface area contributed by atoms with Gasteiger partial charge in [0.2, 0.25) is 5.91 Å². The molecule has 2 aliphatic heterocycles. The van der Waals surface area contributed by atoms with Crippen LogP contribution in [0.3, 0.4) is 0 Å². The number of hydrogen-bond acceptors (Lipinski definition) is 14. The number of alkyl carbamates (subject to hydrolysis) is 1. The van der Waals surface area contributed by atoms with Crippen LogP contribution in [0.25, 0.3) is 0 Å². The number of nitrogens with one attached hydrogen (secondary N) is 1. The molecule has 16 nitrogen and oxygen atoms in total. The summed E-state index contributed by atoms with van der Waals surface area (Å²) in [5, 5.41) is 2.45. The molecule has 404 valence electrons. The van der Waals surface area contributed by atoms with Crippen LogP contribution in [0.4, 0.5) is 9.59 Å². The van der Waals surface area contributed by atoms with Crippen molar-refractivity contribution in [2.75, 3.05) is 81.9 Å². The maximum atomic E-state index is 12.2. The number of likely N-dealkylation sites (tertiary alicyclic amines) is 1. The Morgan fingerprint density at radius 2 is 1.24 bits per heavy atom. The molecule has 0 aliphatic carbocycles. The second kappa shape index (κ2) is 41.0. The number of ketones is 1. The van der Waals surface area contributed by atoms with E-state index in [0.29, 0.717) is 5.56 Å². The van der Waals surface area contributed by atoms with Crippen LogP contribution in [-0.2, 0) is 42.8 Å². The zero-order valence-corrected chi connectivity index (χ0v) is 49.8. The smallest absolute Gasteiger partial charge is 1.00 e. The van der Waals surface area contributed by atoms with Gasteiger partial charge in [-0.3, -0.25) is 9.59 Å². The van der Waals surface area contributed by atoms with Gasteiger partial charge in [0, 0.05) is 49.2 Å². The summed E-state index contributed by atoms with van der Waals surface area (Å²) in [6, 6.07) is 13.6. The Morgan fingerprint density at radius 3 is 1.61 bits per heavy atom. The summed E-state index contributed by atoms with van der Waals surface area (Å²) in [5.74, 6) is -0.885. The number of benzene rings is 2. The first-order valence-electron chi connectivity index (χ1n) is 23.5. The molecule has 2 aromatic carbocycles. The third-order valence-electron chi connectivity index (χ3n) is 8.69. The number of Topliss-reactive ketones (excluding diaryl/α,β-unsaturated/α-hetero) is 1. The fourth-order valence-electron chi connectivity index (χ4n) is 5.22. The molecule has 19 heteroatoms. The van der Waals surface area contributed by atoms with E-state index >= 15 is 0 Å². The molecule has 4 rings (SSSR count). The topological polar surface area (TPSA) is 180 Å². The third-order valence-corrected chi connectivity index (χ3v) is 9.22. The van der Waals surface area contributed by atoms with Crippen LogP contribution in [0.2, 0.25) is 0 Å². The Bertz CT molecular complexity index is 1740. The van der Waals surface area contributed by atoms with Gasteiger partial charge in [0.25, 0.3) is 0 Å². The molecule has 0 saturated carbocycles. The third kappa shape index (κ3) is 41.8. The van der Waals surface area contributed by atoms with E-state index in [-0.39, 0.29) is 68.4 Å². The summed E-state index contributed by atoms with van der Waals surface area (Å²) in [6.07, 6.45) is 1.72. The van der Waals surface area contributed by atoms with Crippen molar-refractivity contribution in [1.82, 2.24) is 20.0 Å². The van der Waals surface area contributed by atoms with E-state index in [1.54, 1.807) is 53.7 Å². The number of methoxy groups -OCH3 is 2. The quantitative estimate of drug-likeness (QED) is 0.0790. The van der Waals surface area contributed by atoms with Crippen LogP contribution >= 0.6 is 15.9 Å². The molecule has 0 bridgehead atoms. The van der Waals surface area contributed by atoms with Gasteiger partial charge in [-0.05, 0) is 127 Å². The maximum absolute atomic E-state index is 12.2.